The molecule has 2 atom stereocenters. The Bertz CT molecular complexity index is 588. The second-order valence-electron chi connectivity index (χ2n) is 4.82. The first-order valence-electron chi connectivity index (χ1n) is 6.34. The minimum absolute atomic E-state index is 0.124. The molecule has 0 fully saturated rings. The number of nitrogens with one attached hydrogen (secondary N) is 1. The van der Waals surface area contributed by atoms with Gasteiger partial charge in [-0.1, -0.05) is 18.2 Å². The molecule has 2 unspecified atom stereocenters. The largest absolute Gasteiger partial charge is 0.271 e. The van der Waals surface area contributed by atoms with Crippen LogP contribution in [0.3, 0.4) is 0 Å². The molecule has 5 heteroatoms. The zero-order valence-corrected chi connectivity index (χ0v) is 11.5. The van der Waals surface area contributed by atoms with Gasteiger partial charge in [-0.2, -0.15) is 0 Å². The number of halogens is 2. The summed E-state index contributed by atoms with van der Waals surface area (Å²) in [6.45, 7) is 0. The van der Waals surface area contributed by atoms with Crippen molar-refractivity contribution in [2.45, 2.75) is 22.6 Å². The van der Waals surface area contributed by atoms with Crippen LogP contribution in [0.4, 0.5) is 8.78 Å². The van der Waals surface area contributed by atoms with Crippen LogP contribution >= 0.6 is 11.8 Å². The summed E-state index contributed by atoms with van der Waals surface area (Å²) in [4.78, 5) is 1.20. The second-order valence-corrected chi connectivity index (χ2v) is 6.10. The highest BCUT2D eigenvalue weighted by molar-refractivity contribution is 8.00. The lowest BCUT2D eigenvalue weighted by Gasteiger charge is -2.22. The maximum Gasteiger partial charge on any atom is 0.126 e. The average molecular weight is 292 g/mol. The maximum atomic E-state index is 13.4. The Hall–Kier alpha value is -1.43. The van der Waals surface area contributed by atoms with Gasteiger partial charge in [-0.05, 0) is 35.7 Å². The Morgan fingerprint density at radius 1 is 1.15 bits per heavy atom. The summed E-state index contributed by atoms with van der Waals surface area (Å²) in [5.41, 5.74) is 4.48. The molecule has 0 aliphatic carbocycles. The molecule has 0 bridgehead atoms. The molecule has 1 heterocycles. The van der Waals surface area contributed by atoms with Crippen molar-refractivity contribution in [1.82, 2.24) is 5.43 Å². The van der Waals surface area contributed by atoms with Crippen LogP contribution in [0.1, 0.15) is 17.2 Å². The van der Waals surface area contributed by atoms with E-state index in [-0.39, 0.29) is 11.3 Å². The van der Waals surface area contributed by atoms with Gasteiger partial charge in [-0.15, -0.1) is 11.8 Å². The van der Waals surface area contributed by atoms with E-state index in [4.69, 9.17) is 5.84 Å². The van der Waals surface area contributed by atoms with E-state index in [0.717, 1.165) is 12.5 Å². The fraction of sp³-hybridized carbons (Fsp3) is 0.200. The van der Waals surface area contributed by atoms with E-state index in [1.807, 2.05) is 12.1 Å². The van der Waals surface area contributed by atoms with Crippen molar-refractivity contribution < 1.29 is 8.78 Å². The molecule has 2 aromatic carbocycles. The van der Waals surface area contributed by atoms with Crippen LogP contribution in [0.2, 0.25) is 0 Å². The Labute approximate surface area is 120 Å². The number of rotatable bonds is 3. The number of hydrazine groups is 1. The molecule has 0 amide bonds. The highest BCUT2D eigenvalue weighted by Crippen LogP contribution is 2.42. The standard InChI is InChI=1S/C15H14F2N2S/c16-11-5-10(6-12(17)8-11)15(19-18)14-7-9-3-1-2-4-13(9)20-14/h1-6,8,14-15,19H,7,18H2. The van der Waals surface area contributed by atoms with Gasteiger partial charge in [0.05, 0.1) is 6.04 Å². The highest BCUT2D eigenvalue weighted by Gasteiger charge is 2.30. The summed E-state index contributed by atoms with van der Waals surface area (Å²) in [5.74, 6) is 4.45. The lowest BCUT2D eigenvalue weighted by atomic mass is 9.99. The van der Waals surface area contributed by atoms with Crippen molar-refractivity contribution in [2.75, 3.05) is 0 Å². The predicted octanol–water partition coefficient (Wildman–Crippen LogP) is 3.19. The molecule has 2 aromatic rings. The van der Waals surface area contributed by atoms with Gasteiger partial charge in [0.1, 0.15) is 11.6 Å². The van der Waals surface area contributed by atoms with Crippen molar-refractivity contribution >= 4 is 11.8 Å². The molecule has 1 aliphatic rings. The van der Waals surface area contributed by atoms with Crippen molar-refractivity contribution in [2.24, 2.45) is 5.84 Å². The topological polar surface area (TPSA) is 38.0 Å². The van der Waals surface area contributed by atoms with Crippen LogP contribution < -0.4 is 11.3 Å². The van der Waals surface area contributed by atoms with E-state index in [2.05, 4.69) is 17.6 Å². The van der Waals surface area contributed by atoms with Gasteiger partial charge >= 0.3 is 0 Å². The van der Waals surface area contributed by atoms with Gasteiger partial charge < -0.3 is 0 Å². The van der Waals surface area contributed by atoms with Crippen LogP contribution in [0.25, 0.3) is 0 Å². The first-order valence-corrected chi connectivity index (χ1v) is 7.22. The average Bonchev–Trinajstić information content (AvgIpc) is 2.81. The van der Waals surface area contributed by atoms with E-state index < -0.39 is 11.6 Å². The van der Waals surface area contributed by atoms with Gasteiger partial charge in [0.25, 0.3) is 0 Å². The van der Waals surface area contributed by atoms with E-state index in [9.17, 15) is 8.78 Å². The van der Waals surface area contributed by atoms with Crippen molar-refractivity contribution in [3.05, 3.63) is 65.2 Å². The summed E-state index contributed by atoms with van der Waals surface area (Å²) >= 11 is 1.69. The normalized spacial score (nSPS) is 18.9. The quantitative estimate of drug-likeness (QED) is 0.674. The molecule has 0 radical (unpaired) electrons. The van der Waals surface area contributed by atoms with E-state index >= 15 is 0 Å². The number of fused-ring (bicyclic) bond motifs is 1. The maximum absolute atomic E-state index is 13.4. The van der Waals surface area contributed by atoms with Gasteiger partial charge in [-0.25, -0.2) is 8.78 Å². The van der Waals surface area contributed by atoms with Crippen LogP contribution in [0.15, 0.2) is 47.4 Å². The smallest absolute Gasteiger partial charge is 0.126 e. The number of benzene rings is 2. The predicted molar refractivity (Wildman–Crippen MR) is 76.2 cm³/mol. The molecule has 104 valence electrons. The summed E-state index contributed by atoms with van der Waals surface area (Å²) in [5, 5.41) is 0.124. The summed E-state index contributed by atoms with van der Waals surface area (Å²) in [6.07, 6.45) is 0.827. The van der Waals surface area contributed by atoms with E-state index in [0.29, 0.717) is 5.56 Å². The van der Waals surface area contributed by atoms with Crippen molar-refractivity contribution in [3.8, 4) is 0 Å². The molecule has 2 nitrogen and oxygen atoms in total. The van der Waals surface area contributed by atoms with Crippen LogP contribution in [-0.2, 0) is 6.42 Å². The van der Waals surface area contributed by atoms with Crippen LogP contribution in [0, 0.1) is 11.6 Å². The summed E-state index contributed by atoms with van der Waals surface area (Å²) in [7, 11) is 0. The lowest BCUT2D eigenvalue weighted by molar-refractivity contribution is 0.517. The Balaban J connectivity index is 1.88. The minimum Gasteiger partial charge on any atom is -0.271 e. The minimum atomic E-state index is -0.583. The van der Waals surface area contributed by atoms with Crippen molar-refractivity contribution in [1.29, 1.82) is 0 Å². The van der Waals surface area contributed by atoms with Gasteiger partial charge in [-0.3, -0.25) is 11.3 Å². The van der Waals surface area contributed by atoms with Gasteiger partial charge in [0.2, 0.25) is 0 Å². The van der Waals surface area contributed by atoms with Crippen molar-refractivity contribution in [3.63, 3.8) is 0 Å². The first-order chi connectivity index (χ1) is 9.67. The molecular weight excluding hydrogens is 278 g/mol. The summed E-state index contributed by atoms with van der Waals surface area (Å²) in [6, 6.07) is 11.3. The zero-order chi connectivity index (χ0) is 14.1. The summed E-state index contributed by atoms with van der Waals surface area (Å²) < 4.78 is 26.7. The molecular formula is C15H14F2N2S. The van der Waals surface area contributed by atoms with Crippen LogP contribution in [-0.4, -0.2) is 5.25 Å². The van der Waals surface area contributed by atoms with E-state index in [1.165, 1.54) is 22.6 Å². The molecule has 0 saturated heterocycles. The second kappa shape index (κ2) is 5.52. The molecule has 3 rings (SSSR count). The number of hydrogen-bond acceptors (Lipinski definition) is 3. The first kappa shape index (κ1) is 13.5. The Morgan fingerprint density at radius 2 is 1.85 bits per heavy atom. The van der Waals surface area contributed by atoms with E-state index in [1.54, 1.807) is 11.8 Å². The molecule has 0 saturated carbocycles. The highest BCUT2D eigenvalue weighted by atomic mass is 32.2. The fourth-order valence-corrected chi connectivity index (χ4v) is 3.99. The third-order valence-electron chi connectivity index (χ3n) is 3.47. The molecule has 20 heavy (non-hydrogen) atoms. The number of thioether (sulfide) groups is 1. The number of hydrogen-bond donors (Lipinski definition) is 2. The molecule has 1 aliphatic heterocycles. The Morgan fingerprint density at radius 3 is 2.50 bits per heavy atom. The molecule has 0 aromatic heterocycles. The van der Waals surface area contributed by atoms with Gasteiger partial charge in [0, 0.05) is 16.2 Å². The monoisotopic (exact) mass is 292 g/mol. The Kier molecular flexibility index (Phi) is 3.74. The SMILES string of the molecule is NNC(c1cc(F)cc(F)c1)C1Cc2ccccc2S1. The van der Waals surface area contributed by atoms with Crippen LogP contribution in [0.5, 0.6) is 0 Å². The fourth-order valence-electron chi connectivity index (χ4n) is 2.57. The van der Waals surface area contributed by atoms with Gasteiger partial charge in [0.15, 0.2) is 0 Å². The zero-order valence-electron chi connectivity index (χ0n) is 10.6. The third kappa shape index (κ3) is 2.57. The number of nitrogens with two attached hydrogens (primary N) is 1. The lowest BCUT2D eigenvalue weighted by Crippen LogP contribution is -2.35. The molecule has 0 spiro atoms. The third-order valence-corrected chi connectivity index (χ3v) is 4.86. The molecule has 3 N–H and O–H groups in total.